The number of hydrogen-bond donors (Lipinski definition) is 0. The summed E-state index contributed by atoms with van der Waals surface area (Å²) in [6.45, 7) is 6.09. The number of benzene rings is 1. The molecule has 1 aromatic heterocycles. The molecular weight excluding hydrogens is 286 g/mol. The van der Waals surface area contributed by atoms with Crippen molar-refractivity contribution in [3.05, 3.63) is 32.9 Å². The molecule has 0 fully saturated rings. The summed E-state index contributed by atoms with van der Waals surface area (Å²) in [6.07, 6.45) is 1.83. The van der Waals surface area contributed by atoms with Crippen LogP contribution in [0.3, 0.4) is 0 Å². The minimum atomic E-state index is -0.405. The van der Waals surface area contributed by atoms with Gasteiger partial charge in [0.1, 0.15) is 4.47 Å². The smallest absolute Gasteiger partial charge is 0.266 e. The molecule has 0 amide bonds. The summed E-state index contributed by atoms with van der Waals surface area (Å²) < 4.78 is 2.29. The second-order valence-corrected chi connectivity index (χ2v) is 5.63. The fraction of sp³-hybridized carbons (Fsp3) is 0.364. The van der Waals surface area contributed by atoms with Crippen LogP contribution in [-0.2, 0) is 5.54 Å². The minimum Gasteiger partial charge on any atom is -0.266 e. The van der Waals surface area contributed by atoms with Crippen LogP contribution in [0.4, 0.5) is 5.69 Å². The molecule has 1 heterocycles. The van der Waals surface area contributed by atoms with Crippen LogP contribution < -0.4 is 0 Å². The molecule has 6 heteroatoms. The summed E-state index contributed by atoms with van der Waals surface area (Å²) in [5.41, 5.74) is 0.663. The Labute approximate surface area is 107 Å². The van der Waals surface area contributed by atoms with Crippen LogP contribution in [0.1, 0.15) is 20.8 Å². The van der Waals surface area contributed by atoms with Crippen LogP contribution >= 0.6 is 15.9 Å². The normalized spacial score (nSPS) is 12.0. The first-order valence-electron chi connectivity index (χ1n) is 5.13. The predicted molar refractivity (Wildman–Crippen MR) is 69.1 cm³/mol. The van der Waals surface area contributed by atoms with Crippen molar-refractivity contribution in [3.8, 4) is 0 Å². The van der Waals surface area contributed by atoms with Crippen molar-refractivity contribution in [1.29, 1.82) is 0 Å². The first-order valence-corrected chi connectivity index (χ1v) is 5.93. The van der Waals surface area contributed by atoms with E-state index in [-0.39, 0.29) is 11.2 Å². The third-order valence-corrected chi connectivity index (χ3v) is 3.32. The van der Waals surface area contributed by atoms with Gasteiger partial charge in [-0.15, -0.1) is 0 Å². The lowest BCUT2D eigenvalue weighted by atomic mass is 10.1. The zero-order valence-electron chi connectivity index (χ0n) is 9.77. The summed E-state index contributed by atoms with van der Waals surface area (Å²) in [5.74, 6) is 0. The molecule has 1 aromatic carbocycles. The van der Waals surface area contributed by atoms with E-state index in [1.807, 2.05) is 31.6 Å². The number of halogens is 1. The van der Waals surface area contributed by atoms with Crippen LogP contribution in [0.25, 0.3) is 10.9 Å². The van der Waals surface area contributed by atoms with Gasteiger partial charge in [-0.3, -0.25) is 14.8 Å². The molecule has 0 unspecified atom stereocenters. The third-order valence-electron chi connectivity index (χ3n) is 2.49. The van der Waals surface area contributed by atoms with Gasteiger partial charge in [-0.1, -0.05) is 0 Å². The Hall–Kier alpha value is -1.43. The highest BCUT2D eigenvalue weighted by Gasteiger charge is 2.20. The number of nitro groups is 1. The molecule has 0 spiro atoms. The zero-order valence-corrected chi connectivity index (χ0v) is 11.4. The van der Waals surface area contributed by atoms with E-state index in [2.05, 4.69) is 21.0 Å². The van der Waals surface area contributed by atoms with E-state index >= 15 is 0 Å². The average molecular weight is 298 g/mol. The lowest BCUT2D eigenvalue weighted by Gasteiger charge is -2.18. The third kappa shape index (κ3) is 2.04. The molecule has 2 aromatic rings. The first-order chi connectivity index (χ1) is 7.80. The molecule has 0 radical (unpaired) electrons. The predicted octanol–water partition coefficient (Wildman–Crippen LogP) is 3.46. The SMILES string of the molecule is CC(C)(C)n1cc2c(Br)c([N+](=O)[O-])ccc2n1. The van der Waals surface area contributed by atoms with Gasteiger partial charge in [0.05, 0.1) is 16.0 Å². The maximum Gasteiger partial charge on any atom is 0.284 e. The van der Waals surface area contributed by atoms with Gasteiger partial charge in [0, 0.05) is 17.6 Å². The van der Waals surface area contributed by atoms with Crippen molar-refractivity contribution in [1.82, 2.24) is 9.78 Å². The summed E-state index contributed by atoms with van der Waals surface area (Å²) in [4.78, 5) is 10.4. The standard InChI is InChI=1S/C11H12BrN3O2/c1-11(2,3)14-6-7-8(13-14)4-5-9(10(7)12)15(16)17/h4-6H,1-3H3. The van der Waals surface area contributed by atoms with Crippen LogP contribution in [-0.4, -0.2) is 14.7 Å². The first kappa shape index (κ1) is 12.0. The average Bonchev–Trinajstić information content (AvgIpc) is 2.61. The molecule has 17 heavy (non-hydrogen) atoms. The monoisotopic (exact) mass is 297 g/mol. The van der Waals surface area contributed by atoms with E-state index in [1.165, 1.54) is 6.07 Å². The van der Waals surface area contributed by atoms with Gasteiger partial charge < -0.3 is 0 Å². The lowest BCUT2D eigenvalue weighted by molar-refractivity contribution is -0.385. The van der Waals surface area contributed by atoms with Crippen molar-refractivity contribution in [2.45, 2.75) is 26.3 Å². The van der Waals surface area contributed by atoms with Gasteiger partial charge in [0.25, 0.3) is 5.69 Å². The molecule has 0 atom stereocenters. The van der Waals surface area contributed by atoms with Crippen molar-refractivity contribution >= 4 is 32.5 Å². The largest absolute Gasteiger partial charge is 0.284 e. The fourth-order valence-corrected chi connectivity index (χ4v) is 2.12. The molecule has 90 valence electrons. The van der Waals surface area contributed by atoms with E-state index in [1.54, 1.807) is 6.07 Å². The lowest BCUT2D eigenvalue weighted by Crippen LogP contribution is -2.21. The molecular formula is C11H12BrN3O2. The molecule has 0 aliphatic carbocycles. The van der Waals surface area contributed by atoms with Crippen LogP contribution in [0.2, 0.25) is 0 Å². The fourth-order valence-electron chi connectivity index (χ4n) is 1.53. The molecule has 2 rings (SSSR count). The van der Waals surface area contributed by atoms with E-state index in [0.29, 0.717) is 4.47 Å². The molecule has 0 bridgehead atoms. The molecule has 0 aliphatic rings. The van der Waals surface area contributed by atoms with Crippen molar-refractivity contribution in [3.63, 3.8) is 0 Å². The number of nitro benzene ring substituents is 1. The molecule has 0 aliphatic heterocycles. The summed E-state index contributed by atoms with van der Waals surface area (Å²) >= 11 is 3.27. The van der Waals surface area contributed by atoms with E-state index in [4.69, 9.17) is 0 Å². The molecule has 0 saturated heterocycles. The summed E-state index contributed by atoms with van der Waals surface area (Å²) in [7, 11) is 0. The number of aromatic nitrogens is 2. The highest BCUT2D eigenvalue weighted by atomic mass is 79.9. The minimum absolute atomic E-state index is 0.0611. The Morgan fingerprint density at radius 3 is 2.59 bits per heavy atom. The zero-order chi connectivity index (χ0) is 12.8. The van der Waals surface area contributed by atoms with Crippen molar-refractivity contribution in [2.75, 3.05) is 0 Å². The van der Waals surface area contributed by atoms with Gasteiger partial charge in [0.2, 0.25) is 0 Å². The summed E-state index contributed by atoms with van der Waals surface area (Å²) in [6, 6.07) is 3.13. The topological polar surface area (TPSA) is 61.0 Å². The summed E-state index contributed by atoms with van der Waals surface area (Å²) in [5, 5.41) is 16.0. The second-order valence-electron chi connectivity index (χ2n) is 4.83. The van der Waals surface area contributed by atoms with Gasteiger partial charge in [-0.25, -0.2) is 0 Å². The molecule has 0 N–H and O–H groups in total. The van der Waals surface area contributed by atoms with Crippen molar-refractivity contribution < 1.29 is 4.92 Å². The maximum atomic E-state index is 10.8. The number of fused-ring (bicyclic) bond motifs is 1. The van der Waals surface area contributed by atoms with Crippen LogP contribution in [0.15, 0.2) is 22.8 Å². The molecule has 0 saturated carbocycles. The Morgan fingerprint density at radius 1 is 1.41 bits per heavy atom. The Bertz CT molecular complexity index is 599. The quantitative estimate of drug-likeness (QED) is 0.598. The second kappa shape index (κ2) is 3.80. The van der Waals surface area contributed by atoms with Crippen molar-refractivity contribution in [2.24, 2.45) is 0 Å². The van der Waals surface area contributed by atoms with Gasteiger partial charge in [-0.2, -0.15) is 5.10 Å². The van der Waals surface area contributed by atoms with E-state index in [0.717, 1.165) is 10.9 Å². The maximum absolute atomic E-state index is 10.8. The Morgan fingerprint density at radius 2 is 2.06 bits per heavy atom. The number of rotatable bonds is 1. The van der Waals surface area contributed by atoms with E-state index in [9.17, 15) is 10.1 Å². The van der Waals surface area contributed by atoms with E-state index < -0.39 is 4.92 Å². The highest BCUT2D eigenvalue weighted by molar-refractivity contribution is 9.10. The van der Waals surface area contributed by atoms with Crippen LogP contribution in [0.5, 0.6) is 0 Å². The van der Waals surface area contributed by atoms with Gasteiger partial charge in [-0.05, 0) is 42.8 Å². The number of nitrogens with zero attached hydrogens (tertiary/aromatic N) is 3. The Balaban J connectivity index is 2.70. The highest BCUT2D eigenvalue weighted by Crippen LogP contribution is 2.33. The van der Waals surface area contributed by atoms with Gasteiger partial charge >= 0.3 is 0 Å². The Kier molecular flexibility index (Phi) is 2.69. The molecule has 5 nitrogen and oxygen atoms in total. The van der Waals surface area contributed by atoms with Crippen LogP contribution in [0, 0.1) is 10.1 Å². The number of hydrogen-bond acceptors (Lipinski definition) is 3. The van der Waals surface area contributed by atoms with Gasteiger partial charge in [0.15, 0.2) is 0 Å².